The Morgan fingerprint density at radius 3 is 0.853 bits per heavy atom. The molecule has 0 spiro atoms. The first kappa shape index (κ1) is 25.9. The summed E-state index contributed by atoms with van der Waals surface area (Å²) >= 11 is 0. The first-order valence-electron chi connectivity index (χ1n) is 11.1. The first-order valence-corrected chi connectivity index (χ1v) is 11.1. The molecule has 5 rings (SSSR count). The van der Waals surface area contributed by atoms with E-state index in [0.29, 0.717) is 0 Å². The molecule has 5 heterocycles. The molecule has 0 unspecified atom stereocenters. The number of nitrogens with zero attached hydrogens (tertiary/aromatic N) is 4. The molecule has 0 N–H and O–H groups in total. The SMILES string of the molecule is CC1=C(C)c2cc3[n-]c(cc4nc(cc5[n-]c(cc1n2)c(C)c5C)C(C)=C4C)c(C)c3C.[CH3-].[Pt]. The van der Waals surface area contributed by atoms with Gasteiger partial charge in [0.2, 0.25) is 0 Å². The Bertz CT molecular complexity index is 1320. The van der Waals surface area contributed by atoms with E-state index >= 15 is 0 Å². The molecule has 0 amide bonds. The Labute approximate surface area is 216 Å². The van der Waals surface area contributed by atoms with Gasteiger partial charge < -0.3 is 17.4 Å². The van der Waals surface area contributed by atoms with Gasteiger partial charge in [-0.2, -0.15) is 0 Å². The third-order valence-corrected chi connectivity index (χ3v) is 7.38. The van der Waals surface area contributed by atoms with Crippen LogP contribution in [0.1, 0.15) is 72.7 Å². The molecule has 0 fully saturated rings. The Kier molecular flexibility index (Phi) is 6.97. The molecule has 0 atom stereocenters. The van der Waals surface area contributed by atoms with Gasteiger partial charge in [-0.1, -0.05) is 46.5 Å². The topological polar surface area (TPSA) is 54.0 Å². The molecule has 180 valence electrons. The number of hydrogen-bond donors (Lipinski definition) is 0. The van der Waals surface area contributed by atoms with E-state index < -0.39 is 0 Å². The third-order valence-electron chi connectivity index (χ3n) is 7.38. The summed E-state index contributed by atoms with van der Waals surface area (Å²) < 4.78 is 0. The largest absolute Gasteiger partial charge is 0.657 e. The zero-order valence-corrected chi connectivity index (χ0v) is 23.7. The van der Waals surface area contributed by atoms with Crippen LogP contribution in [0.3, 0.4) is 0 Å². The average Bonchev–Trinajstić information content (AvgIpc) is 3.37. The quantitative estimate of drug-likeness (QED) is 0.248. The molecule has 3 aromatic rings. The van der Waals surface area contributed by atoms with Crippen molar-refractivity contribution < 1.29 is 21.1 Å². The summed E-state index contributed by atoms with van der Waals surface area (Å²) in [5.41, 5.74) is 17.3. The smallest absolute Gasteiger partial charge is 0.0657 e. The van der Waals surface area contributed by atoms with Crippen molar-refractivity contribution in [2.45, 2.75) is 55.4 Å². The Morgan fingerprint density at radius 1 is 0.441 bits per heavy atom. The second-order valence-corrected chi connectivity index (χ2v) is 9.11. The summed E-state index contributed by atoms with van der Waals surface area (Å²) in [5, 5.41) is 0. The maximum absolute atomic E-state index is 4.96. The van der Waals surface area contributed by atoms with Crippen molar-refractivity contribution in [3.63, 3.8) is 0 Å². The fourth-order valence-corrected chi connectivity index (χ4v) is 4.37. The minimum atomic E-state index is 0. The molecular formula is C29H31N4Pt-3. The number of fused-ring (bicyclic) bond motifs is 8. The zero-order valence-electron chi connectivity index (χ0n) is 21.4. The third kappa shape index (κ3) is 3.92. The van der Waals surface area contributed by atoms with Crippen molar-refractivity contribution in [2.75, 3.05) is 0 Å². The van der Waals surface area contributed by atoms with Gasteiger partial charge in [-0.25, -0.2) is 9.97 Å². The molecule has 0 saturated heterocycles. The number of aryl methyl sites for hydroxylation is 4. The van der Waals surface area contributed by atoms with Crippen LogP contribution in [0.2, 0.25) is 0 Å². The van der Waals surface area contributed by atoms with E-state index in [2.05, 4.69) is 79.7 Å². The summed E-state index contributed by atoms with van der Waals surface area (Å²) in [6, 6.07) is 8.46. The first-order chi connectivity index (χ1) is 15.2. The minimum absolute atomic E-state index is 0. The van der Waals surface area contributed by atoms with Gasteiger partial charge in [-0.15, -0.1) is 22.1 Å². The van der Waals surface area contributed by atoms with Crippen molar-refractivity contribution in [2.24, 2.45) is 0 Å². The summed E-state index contributed by atoms with van der Waals surface area (Å²) in [4.78, 5) is 19.9. The Hall–Kier alpha value is -2.71. The van der Waals surface area contributed by atoms with E-state index in [1.807, 2.05) is 0 Å². The van der Waals surface area contributed by atoms with E-state index in [4.69, 9.17) is 19.9 Å². The van der Waals surface area contributed by atoms with Crippen LogP contribution >= 0.6 is 0 Å². The molecule has 0 aliphatic carbocycles. The van der Waals surface area contributed by atoms with E-state index in [-0.39, 0.29) is 28.5 Å². The number of aromatic nitrogens is 4. The molecule has 0 aromatic carbocycles. The van der Waals surface area contributed by atoms with E-state index in [9.17, 15) is 0 Å². The van der Waals surface area contributed by atoms with Gasteiger partial charge in [-0.05, 0) is 77.7 Å². The van der Waals surface area contributed by atoms with Gasteiger partial charge in [0.1, 0.15) is 0 Å². The van der Waals surface area contributed by atoms with Crippen LogP contribution in [0, 0.1) is 35.1 Å². The van der Waals surface area contributed by atoms with Crippen LogP contribution in [0.15, 0.2) is 24.3 Å². The van der Waals surface area contributed by atoms with Crippen molar-refractivity contribution in [1.82, 2.24) is 19.9 Å². The Morgan fingerprint density at radius 2 is 0.647 bits per heavy atom. The van der Waals surface area contributed by atoms with Crippen LogP contribution < -0.4 is 9.97 Å². The van der Waals surface area contributed by atoms with Crippen molar-refractivity contribution in [3.05, 3.63) is 76.7 Å². The standard InChI is InChI=1S/C28H28N4.CH3.Pt/c1-13-14(2)22-10-24-17(5)18(6)26(31-24)12-28-20(8)19(7)27(32-28)11-25-16(4)15(3)23(30-25)9-21(13)29-22;;/h9-12H,1-8H3;1H3;/q-2;-1;. The molecule has 3 aromatic heterocycles. The van der Waals surface area contributed by atoms with Crippen LogP contribution in [-0.2, 0) is 21.1 Å². The van der Waals surface area contributed by atoms with E-state index in [0.717, 1.165) is 44.8 Å². The van der Waals surface area contributed by atoms with Crippen molar-refractivity contribution in [3.8, 4) is 0 Å². The van der Waals surface area contributed by atoms with Crippen molar-refractivity contribution >= 4 is 44.4 Å². The summed E-state index contributed by atoms with van der Waals surface area (Å²) in [5.74, 6) is 0. The predicted octanol–water partition coefficient (Wildman–Crippen LogP) is 7.16. The molecule has 2 aliphatic heterocycles. The van der Waals surface area contributed by atoms with Gasteiger partial charge in [0.05, 0.1) is 22.8 Å². The minimum Gasteiger partial charge on any atom is -0.657 e. The maximum Gasteiger partial charge on any atom is 0.0657 e. The molecule has 5 heteroatoms. The van der Waals surface area contributed by atoms with E-state index in [1.165, 1.54) is 44.5 Å². The molecule has 0 radical (unpaired) electrons. The predicted molar refractivity (Wildman–Crippen MR) is 141 cm³/mol. The van der Waals surface area contributed by atoms with Gasteiger partial charge in [0, 0.05) is 21.1 Å². The summed E-state index contributed by atoms with van der Waals surface area (Å²) in [7, 11) is 0. The normalized spacial score (nSPS) is 13.2. The van der Waals surface area contributed by atoms with Gasteiger partial charge in [0.15, 0.2) is 0 Å². The van der Waals surface area contributed by atoms with Crippen LogP contribution in [0.4, 0.5) is 0 Å². The fourth-order valence-electron chi connectivity index (χ4n) is 4.37. The molecule has 8 bridgehead atoms. The molecule has 34 heavy (non-hydrogen) atoms. The number of rotatable bonds is 0. The second-order valence-electron chi connectivity index (χ2n) is 9.11. The molecule has 0 saturated carbocycles. The number of allylic oxidation sites excluding steroid dienone is 4. The summed E-state index contributed by atoms with van der Waals surface area (Å²) in [6.45, 7) is 17.1. The average molecular weight is 631 g/mol. The van der Waals surface area contributed by atoms with Gasteiger partial charge in [-0.3, -0.25) is 0 Å². The second kappa shape index (κ2) is 9.15. The van der Waals surface area contributed by atoms with Crippen LogP contribution in [0.5, 0.6) is 0 Å². The van der Waals surface area contributed by atoms with Crippen LogP contribution in [-0.4, -0.2) is 9.97 Å². The monoisotopic (exact) mass is 630 g/mol. The summed E-state index contributed by atoms with van der Waals surface area (Å²) in [6.07, 6.45) is 0. The maximum atomic E-state index is 4.96. The molecule has 2 aliphatic rings. The fraction of sp³-hybridized carbons (Fsp3) is 0.276. The van der Waals surface area contributed by atoms with Crippen molar-refractivity contribution in [1.29, 1.82) is 0 Å². The molecule has 4 nitrogen and oxygen atoms in total. The van der Waals surface area contributed by atoms with E-state index in [1.54, 1.807) is 0 Å². The zero-order chi connectivity index (χ0) is 22.9. The number of hydrogen-bond acceptors (Lipinski definition) is 2. The van der Waals surface area contributed by atoms with Gasteiger partial charge in [0.25, 0.3) is 0 Å². The Balaban J connectivity index is 0.00000162. The molecular weight excluding hydrogens is 599 g/mol. The van der Waals surface area contributed by atoms with Crippen LogP contribution in [0.25, 0.3) is 44.4 Å². The van der Waals surface area contributed by atoms with Gasteiger partial charge >= 0.3 is 0 Å².